The van der Waals surface area contributed by atoms with Gasteiger partial charge in [0.25, 0.3) is 11.5 Å². The topological polar surface area (TPSA) is 137 Å². The maximum atomic E-state index is 12.0. The van der Waals surface area contributed by atoms with Gasteiger partial charge in [-0.2, -0.15) is 14.9 Å². The largest absolute Gasteiger partial charge is 0.507 e. The lowest BCUT2D eigenvalue weighted by Crippen LogP contribution is -2.16. The Bertz CT molecular complexity index is 1010. The first-order valence-corrected chi connectivity index (χ1v) is 6.15. The molecule has 0 bridgehead atoms. The Balaban J connectivity index is 2.28. The molecule has 0 unspecified atom stereocenters. The Labute approximate surface area is 123 Å². The number of phenolic OH excluding ortho intramolecular Hbond substituents is 1. The first-order chi connectivity index (χ1) is 10.5. The number of rotatable bonds is 2. The van der Waals surface area contributed by atoms with Gasteiger partial charge in [0.05, 0.1) is 17.5 Å². The van der Waals surface area contributed by atoms with E-state index in [1.807, 2.05) is 6.07 Å². The summed E-state index contributed by atoms with van der Waals surface area (Å²) in [4.78, 5) is 26.3. The number of carbonyl (C=O) groups excluding carboxylic acids is 1. The minimum absolute atomic E-state index is 0.0712. The highest BCUT2D eigenvalue weighted by Gasteiger charge is 2.14. The van der Waals surface area contributed by atoms with E-state index in [9.17, 15) is 14.7 Å². The molecule has 0 radical (unpaired) electrons. The van der Waals surface area contributed by atoms with E-state index in [-0.39, 0.29) is 22.5 Å². The van der Waals surface area contributed by atoms with Crippen molar-refractivity contribution in [1.29, 1.82) is 5.26 Å². The number of phenols is 1. The lowest BCUT2D eigenvalue weighted by molar-refractivity contribution is 0.100. The quantitative estimate of drug-likeness (QED) is 0.627. The van der Waals surface area contributed by atoms with E-state index in [1.54, 1.807) is 0 Å². The van der Waals surface area contributed by atoms with Crippen LogP contribution < -0.4 is 11.3 Å². The molecule has 0 aliphatic heterocycles. The summed E-state index contributed by atoms with van der Waals surface area (Å²) in [6.45, 7) is 0. The first kappa shape index (κ1) is 13.4. The summed E-state index contributed by atoms with van der Waals surface area (Å²) in [7, 11) is 0. The summed E-state index contributed by atoms with van der Waals surface area (Å²) in [6, 6.07) is 7.44. The number of hydrogen-bond acceptors (Lipinski definition) is 5. The predicted octanol–water partition coefficient (Wildman–Crippen LogP) is 0.366. The molecule has 8 nitrogen and oxygen atoms in total. The number of fused-ring (bicyclic) bond motifs is 1. The number of benzene rings is 1. The molecule has 0 saturated carbocycles. The zero-order chi connectivity index (χ0) is 15.9. The number of nitrogens with one attached hydrogen (secondary N) is 1. The molecule has 4 N–H and O–H groups in total. The Hall–Kier alpha value is -3.60. The SMILES string of the molecule is N#Cc1cc(-c2cc(=O)n3ncc(C(N)=O)c3[nH]2)ccc1O. The summed E-state index contributed by atoms with van der Waals surface area (Å²) < 4.78 is 1.02. The number of amides is 1. The second kappa shape index (κ2) is 4.75. The smallest absolute Gasteiger partial charge is 0.274 e. The zero-order valence-electron chi connectivity index (χ0n) is 11.1. The van der Waals surface area contributed by atoms with Crippen LogP contribution in [0.3, 0.4) is 0 Å². The van der Waals surface area contributed by atoms with E-state index in [4.69, 9.17) is 11.0 Å². The van der Waals surface area contributed by atoms with Crippen LogP contribution in [0.5, 0.6) is 5.75 Å². The molecule has 3 rings (SSSR count). The molecule has 1 aromatic carbocycles. The van der Waals surface area contributed by atoms with Gasteiger partial charge in [-0.25, -0.2) is 0 Å². The second-order valence-corrected chi connectivity index (χ2v) is 4.55. The highest BCUT2D eigenvalue weighted by molar-refractivity contribution is 5.98. The normalized spacial score (nSPS) is 10.5. The standard InChI is InChI=1S/C14H9N5O3/c15-5-8-3-7(1-2-11(8)20)10-4-12(21)19-14(18-10)9(6-17-19)13(16)22/h1-4,6,18,20H,(H2,16,22). The number of nitrogens with two attached hydrogens (primary N) is 1. The van der Waals surface area contributed by atoms with Crippen LogP contribution in [0.2, 0.25) is 0 Å². The van der Waals surface area contributed by atoms with E-state index < -0.39 is 11.5 Å². The summed E-state index contributed by atoms with van der Waals surface area (Å²) in [5.41, 5.74) is 5.98. The minimum Gasteiger partial charge on any atom is -0.507 e. The van der Waals surface area contributed by atoms with Gasteiger partial charge < -0.3 is 15.8 Å². The van der Waals surface area contributed by atoms with Gasteiger partial charge in [0, 0.05) is 6.07 Å². The van der Waals surface area contributed by atoms with Crippen LogP contribution in [0.4, 0.5) is 0 Å². The summed E-state index contributed by atoms with van der Waals surface area (Å²) in [5, 5.41) is 22.3. The average Bonchev–Trinajstić information content (AvgIpc) is 2.92. The fourth-order valence-electron chi connectivity index (χ4n) is 2.11. The molecule has 8 heteroatoms. The number of aromatic amines is 1. The molecule has 108 valence electrons. The number of carbonyl (C=O) groups is 1. The number of primary amides is 1. The van der Waals surface area contributed by atoms with Gasteiger partial charge in [-0.15, -0.1) is 0 Å². The van der Waals surface area contributed by atoms with Crippen molar-refractivity contribution in [3.8, 4) is 23.1 Å². The van der Waals surface area contributed by atoms with Crippen LogP contribution >= 0.6 is 0 Å². The van der Waals surface area contributed by atoms with Crippen LogP contribution in [0.1, 0.15) is 15.9 Å². The van der Waals surface area contributed by atoms with Crippen molar-refractivity contribution in [2.24, 2.45) is 5.73 Å². The lowest BCUT2D eigenvalue weighted by atomic mass is 10.1. The van der Waals surface area contributed by atoms with Gasteiger partial charge in [0.15, 0.2) is 5.65 Å². The van der Waals surface area contributed by atoms with Crippen molar-refractivity contribution in [2.45, 2.75) is 0 Å². The van der Waals surface area contributed by atoms with Crippen molar-refractivity contribution >= 4 is 11.6 Å². The van der Waals surface area contributed by atoms with Gasteiger partial charge in [-0.05, 0) is 23.8 Å². The van der Waals surface area contributed by atoms with E-state index >= 15 is 0 Å². The lowest BCUT2D eigenvalue weighted by Gasteiger charge is -2.05. The molecular formula is C14H9N5O3. The second-order valence-electron chi connectivity index (χ2n) is 4.55. The number of aromatic nitrogens is 3. The molecule has 0 saturated heterocycles. The highest BCUT2D eigenvalue weighted by atomic mass is 16.3. The van der Waals surface area contributed by atoms with E-state index in [2.05, 4.69) is 10.1 Å². The molecule has 22 heavy (non-hydrogen) atoms. The Kier molecular flexibility index (Phi) is 2.89. The van der Waals surface area contributed by atoms with Gasteiger partial charge in [0.2, 0.25) is 0 Å². The third-order valence-corrected chi connectivity index (χ3v) is 3.19. The molecule has 0 fully saturated rings. The van der Waals surface area contributed by atoms with Crippen molar-refractivity contribution in [3.05, 3.63) is 51.9 Å². The molecule has 0 aliphatic carbocycles. The molecule has 1 amide bonds. The van der Waals surface area contributed by atoms with Gasteiger partial charge in [-0.3, -0.25) is 9.59 Å². The van der Waals surface area contributed by atoms with E-state index in [0.29, 0.717) is 11.3 Å². The molecular weight excluding hydrogens is 286 g/mol. The first-order valence-electron chi connectivity index (χ1n) is 6.15. The highest BCUT2D eigenvalue weighted by Crippen LogP contribution is 2.24. The average molecular weight is 295 g/mol. The number of aromatic hydroxyl groups is 1. The van der Waals surface area contributed by atoms with Crippen LogP contribution in [0, 0.1) is 11.3 Å². The van der Waals surface area contributed by atoms with E-state index in [1.165, 1.54) is 30.5 Å². The molecule has 0 atom stereocenters. The van der Waals surface area contributed by atoms with Crippen LogP contribution in [-0.4, -0.2) is 25.6 Å². The maximum Gasteiger partial charge on any atom is 0.274 e. The van der Waals surface area contributed by atoms with Crippen LogP contribution in [-0.2, 0) is 0 Å². The van der Waals surface area contributed by atoms with Gasteiger partial charge in [-0.1, -0.05) is 0 Å². The maximum absolute atomic E-state index is 12.0. The molecule has 2 aromatic heterocycles. The van der Waals surface area contributed by atoms with E-state index in [0.717, 1.165) is 4.52 Å². The van der Waals surface area contributed by atoms with Gasteiger partial charge >= 0.3 is 0 Å². The number of H-pyrrole nitrogens is 1. The fraction of sp³-hybridized carbons (Fsp3) is 0. The van der Waals surface area contributed by atoms with Crippen molar-refractivity contribution < 1.29 is 9.90 Å². The summed E-state index contributed by atoms with van der Waals surface area (Å²) in [6.07, 6.45) is 1.21. The predicted molar refractivity (Wildman–Crippen MR) is 76.1 cm³/mol. The molecule has 0 aliphatic rings. The Morgan fingerprint density at radius 2 is 2.18 bits per heavy atom. The number of nitriles is 1. The monoisotopic (exact) mass is 295 g/mol. The van der Waals surface area contributed by atoms with Crippen molar-refractivity contribution in [2.75, 3.05) is 0 Å². The van der Waals surface area contributed by atoms with Crippen LogP contribution in [0.15, 0.2) is 35.3 Å². The summed E-state index contributed by atoms with van der Waals surface area (Å²) in [5.74, 6) is -0.872. The number of nitrogens with zero attached hydrogens (tertiary/aromatic N) is 3. The minimum atomic E-state index is -0.716. The fourth-order valence-corrected chi connectivity index (χ4v) is 2.11. The summed E-state index contributed by atoms with van der Waals surface area (Å²) >= 11 is 0. The van der Waals surface area contributed by atoms with Gasteiger partial charge in [0.1, 0.15) is 17.4 Å². The Morgan fingerprint density at radius 1 is 1.41 bits per heavy atom. The van der Waals surface area contributed by atoms with Crippen molar-refractivity contribution in [1.82, 2.24) is 14.6 Å². The number of hydrogen-bond donors (Lipinski definition) is 3. The zero-order valence-corrected chi connectivity index (χ0v) is 11.1. The van der Waals surface area contributed by atoms with Crippen LogP contribution in [0.25, 0.3) is 16.9 Å². The Morgan fingerprint density at radius 3 is 2.86 bits per heavy atom. The van der Waals surface area contributed by atoms with Crippen molar-refractivity contribution in [3.63, 3.8) is 0 Å². The molecule has 2 heterocycles. The molecule has 3 aromatic rings. The molecule has 0 spiro atoms. The third kappa shape index (κ3) is 1.97. The third-order valence-electron chi connectivity index (χ3n) is 3.19.